The van der Waals surface area contributed by atoms with Gasteiger partial charge in [0, 0.05) is 17.8 Å². The topological polar surface area (TPSA) is 112 Å². The van der Waals surface area contributed by atoms with Gasteiger partial charge in [0.2, 0.25) is 0 Å². The number of aryl methyl sites for hydroxylation is 1. The third-order valence-corrected chi connectivity index (χ3v) is 6.21. The van der Waals surface area contributed by atoms with Gasteiger partial charge in [0.25, 0.3) is 11.7 Å². The highest BCUT2D eigenvalue weighted by molar-refractivity contribution is 6.46. The summed E-state index contributed by atoms with van der Waals surface area (Å²) in [7, 11) is 3.88. The number of carbonyl (C=O) groups is 3. The van der Waals surface area contributed by atoms with Crippen molar-refractivity contribution in [3.8, 4) is 5.75 Å². The van der Waals surface area contributed by atoms with Gasteiger partial charge in [0.05, 0.1) is 24.8 Å². The van der Waals surface area contributed by atoms with Crippen LogP contribution in [-0.4, -0.2) is 77.9 Å². The zero-order valence-corrected chi connectivity index (χ0v) is 21.8. The Morgan fingerprint density at radius 3 is 2.36 bits per heavy atom. The Bertz CT molecular complexity index is 1160. The molecule has 2 aromatic rings. The number of amides is 1. The molecule has 1 aromatic carbocycles. The van der Waals surface area contributed by atoms with Gasteiger partial charge in [-0.05, 0) is 78.0 Å². The van der Waals surface area contributed by atoms with E-state index in [9.17, 15) is 19.5 Å². The van der Waals surface area contributed by atoms with Crippen molar-refractivity contribution in [1.82, 2.24) is 14.8 Å². The molecule has 1 fully saturated rings. The third kappa shape index (κ3) is 5.31. The SMILES string of the molecule is CCOC(=O)c1[nH]c(C)c(/C(O)=C2\C(=O)C(=O)N(CCCN(C)C)[C@H]2c2ccc(OCC)cc2)c1C. The lowest BCUT2D eigenvalue weighted by atomic mass is 9.94. The number of aliphatic hydroxyl groups excluding tert-OH is 1. The van der Waals surface area contributed by atoms with Crippen molar-refractivity contribution in [2.45, 2.75) is 40.2 Å². The van der Waals surface area contributed by atoms with Crippen molar-refractivity contribution in [3.63, 3.8) is 0 Å². The van der Waals surface area contributed by atoms with Gasteiger partial charge in [-0.2, -0.15) is 0 Å². The van der Waals surface area contributed by atoms with Gasteiger partial charge in [0.1, 0.15) is 17.2 Å². The maximum Gasteiger partial charge on any atom is 0.355 e. The Hall–Kier alpha value is -3.59. The Kier molecular flexibility index (Phi) is 8.57. The van der Waals surface area contributed by atoms with Crippen molar-refractivity contribution in [2.75, 3.05) is 40.4 Å². The van der Waals surface area contributed by atoms with E-state index in [1.807, 2.05) is 25.9 Å². The molecule has 1 amide bonds. The van der Waals surface area contributed by atoms with Crippen LogP contribution in [0.1, 0.15) is 59.2 Å². The molecule has 0 saturated carbocycles. The molecule has 1 aliphatic heterocycles. The van der Waals surface area contributed by atoms with E-state index in [0.717, 1.165) is 6.54 Å². The first-order valence-corrected chi connectivity index (χ1v) is 12.1. The highest BCUT2D eigenvalue weighted by Gasteiger charge is 2.46. The van der Waals surface area contributed by atoms with E-state index in [-0.39, 0.29) is 23.6 Å². The number of rotatable bonds is 10. The first kappa shape index (κ1) is 27.0. The van der Waals surface area contributed by atoms with Gasteiger partial charge in [-0.3, -0.25) is 9.59 Å². The predicted molar refractivity (Wildman–Crippen MR) is 136 cm³/mol. The summed E-state index contributed by atoms with van der Waals surface area (Å²) < 4.78 is 10.7. The van der Waals surface area contributed by atoms with Gasteiger partial charge in [-0.15, -0.1) is 0 Å². The number of carbonyl (C=O) groups excluding carboxylic acids is 3. The minimum Gasteiger partial charge on any atom is -0.507 e. The Labute approximate surface area is 211 Å². The van der Waals surface area contributed by atoms with E-state index in [1.165, 1.54) is 4.90 Å². The molecular formula is C27H35N3O6. The summed E-state index contributed by atoms with van der Waals surface area (Å²) in [5.41, 5.74) is 2.15. The second kappa shape index (κ2) is 11.4. The fourth-order valence-electron chi connectivity index (χ4n) is 4.57. The third-order valence-electron chi connectivity index (χ3n) is 6.21. The number of aromatic nitrogens is 1. The van der Waals surface area contributed by atoms with Crippen LogP contribution in [-0.2, 0) is 14.3 Å². The molecular weight excluding hydrogens is 462 g/mol. The Morgan fingerprint density at radius 1 is 1.11 bits per heavy atom. The molecule has 0 radical (unpaired) electrons. The number of ether oxygens (including phenoxy) is 2. The molecule has 1 aromatic heterocycles. The van der Waals surface area contributed by atoms with Crippen LogP contribution >= 0.6 is 0 Å². The van der Waals surface area contributed by atoms with E-state index in [2.05, 4.69) is 4.98 Å². The molecule has 0 bridgehead atoms. The smallest absolute Gasteiger partial charge is 0.355 e. The monoisotopic (exact) mass is 497 g/mol. The molecule has 3 rings (SSSR count). The van der Waals surface area contributed by atoms with Crippen LogP contribution in [0.4, 0.5) is 0 Å². The maximum atomic E-state index is 13.3. The number of hydrogen-bond donors (Lipinski definition) is 2. The molecule has 0 spiro atoms. The fourth-order valence-corrected chi connectivity index (χ4v) is 4.57. The van der Waals surface area contributed by atoms with E-state index in [4.69, 9.17) is 9.47 Å². The predicted octanol–water partition coefficient (Wildman–Crippen LogP) is 3.58. The average molecular weight is 498 g/mol. The van der Waals surface area contributed by atoms with E-state index < -0.39 is 23.7 Å². The number of benzene rings is 1. The molecule has 1 aliphatic rings. The average Bonchev–Trinajstić information content (AvgIpc) is 3.27. The molecule has 1 saturated heterocycles. The summed E-state index contributed by atoms with van der Waals surface area (Å²) >= 11 is 0. The highest BCUT2D eigenvalue weighted by Crippen LogP contribution is 2.41. The van der Waals surface area contributed by atoms with Gasteiger partial charge in [-0.1, -0.05) is 12.1 Å². The molecule has 0 aliphatic carbocycles. The van der Waals surface area contributed by atoms with Crippen molar-refractivity contribution < 1.29 is 29.0 Å². The number of hydrogen-bond acceptors (Lipinski definition) is 7. The van der Waals surface area contributed by atoms with Crippen molar-refractivity contribution >= 4 is 23.4 Å². The first-order valence-electron chi connectivity index (χ1n) is 12.1. The molecule has 9 heteroatoms. The van der Waals surface area contributed by atoms with E-state index >= 15 is 0 Å². The normalized spacial score (nSPS) is 17.2. The fraction of sp³-hybridized carbons (Fsp3) is 0.444. The second-order valence-electron chi connectivity index (χ2n) is 9.00. The number of ketones is 1. The van der Waals surface area contributed by atoms with Crippen LogP contribution in [0.5, 0.6) is 5.75 Å². The summed E-state index contributed by atoms with van der Waals surface area (Å²) in [6.45, 7) is 8.75. The lowest BCUT2D eigenvalue weighted by Gasteiger charge is -2.26. The Balaban J connectivity index is 2.14. The van der Waals surface area contributed by atoms with Crippen molar-refractivity contribution in [1.29, 1.82) is 0 Å². The number of nitrogens with one attached hydrogen (secondary N) is 1. The number of nitrogens with zero attached hydrogens (tertiary/aromatic N) is 2. The summed E-state index contributed by atoms with van der Waals surface area (Å²) in [5.74, 6) is -1.62. The minimum absolute atomic E-state index is 0.00498. The van der Waals surface area contributed by atoms with Crippen LogP contribution in [0.25, 0.3) is 5.76 Å². The van der Waals surface area contributed by atoms with E-state index in [1.54, 1.807) is 45.0 Å². The molecule has 0 unspecified atom stereocenters. The van der Waals surface area contributed by atoms with Crippen LogP contribution in [0.15, 0.2) is 29.8 Å². The van der Waals surface area contributed by atoms with Gasteiger partial charge >= 0.3 is 5.97 Å². The zero-order valence-electron chi connectivity index (χ0n) is 21.8. The van der Waals surface area contributed by atoms with E-state index in [0.29, 0.717) is 47.7 Å². The molecule has 2 heterocycles. The number of likely N-dealkylation sites (tertiary alicyclic amines) is 1. The van der Waals surface area contributed by atoms with Gasteiger partial charge in [-0.25, -0.2) is 4.79 Å². The molecule has 1 atom stereocenters. The molecule has 9 nitrogen and oxygen atoms in total. The quantitative estimate of drug-likeness (QED) is 0.223. The van der Waals surface area contributed by atoms with Gasteiger partial charge in [0.15, 0.2) is 0 Å². The van der Waals surface area contributed by atoms with Crippen LogP contribution in [0.2, 0.25) is 0 Å². The van der Waals surface area contributed by atoms with Crippen LogP contribution in [0.3, 0.4) is 0 Å². The van der Waals surface area contributed by atoms with Crippen LogP contribution in [0, 0.1) is 13.8 Å². The van der Waals surface area contributed by atoms with Crippen molar-refractivity contribution in [2.24, 2.45) is 0 Å². The largest absolute Gasteiger partial charge is 0.507 e. The number of Topliss-reactive ketones (excluding diaryl/α,β-unsaturated/α-hetero) is 1. The lowest BCUT2D eigenvalue weighted by Crippen LogP contribution is -2.32. The number of aliphatic hydroxyl groups is 1. The summed E-state index contributed by atoms with van der Waals surface area (Å²) in [4.78, 5) is 45.3. The second-order valence-corrected chi connectivity index (χ2v) is 9.00. The first-order chi connectivity index (χ1) is 17.1. The maximum absolute atomic E-state index is 13.3. The lowest BCUT2D eigenvalue weighted by molar-refractivity contribution is -0.139. The number of H-pyrrole nitrogens is 1. The minimum atomic E-state index is -0.775. The van der Waals surface area contributed by atoms with Crippen LogP contribution < -0.4 is 4.74 Å². The summed E-state index contributed by atoms with van der Waals surface area (Å²) in [6.07, 6.45) is 0.656. The molecule has 36 heavy (non-hydrogen) atoms. The Morgan fingerprint density at radius 2 is 1.78 bits per heavy atom. The zero-order chi connectivity index (χ0) is 26.6. The standard InChI is InChI=1S/C27H35N3O6/c1-7-35-19-12-10-18(11-13-19)23-21(25(32)26(33)30(23)15-9-14-29(5)6)24(31)20-16(3)22(28-17(20)4)27(34)36-8-2/h10-13,23,28,31H,7-9,14-15H2,1-6H3/b24-21+/t23-/m0/s1. The van der Waals surface area contributed by atoms with Gasteiger partial charge < -0.3 is 29.4 Å². The number of aromatic amines is 1. The highest BCUT2D eigenvalue weighted by atomic mass is 16.5. The summed E-state index contributed by atoms with van der Waals surface area (Å²) in [6, 6.07) is 6.39. The molecule has 194 valence electrons. The summed E-state index contributed by atoms with van der Waals surface area (Å²) in [5, 5.41) is 11.5. The number of esters is 1. The molecule has 2 N–H and O–H groups in total. The van der Waals surface area contributed by atoms with Crippen molar-refractivity contribution in [3.05, 3.63) is 57.9 Å².